The van der Waals surface area contributed by atoms with Crippen molar-refractivity contribution >= 4 is 23.7 Å². The third-order valence-corrected chi connectivity index (χ3v) is 4.98. The molecule has 5 atom stereocenters. The van der Waals surface area contributed by atoms with Gasteiger partial charge < -0.3 is 36.5 Å². The summed E-state index contributed by atoms with van der Waals surface area (Å²) in [6, 6.07) is -4.22. The Balaban J connectivity index is 2.13. The van der Waals surface area contributed by atoms with Crippen molar-refractivity contribution in [1.29, 1.82) is 0 Å². The van der Waals surface area contributed by atoms with E-state index in [1.807, 2.05) is 0 Å². The van der Waals surface area contributed by atoms with E-state index in [4.69, 9.17) is 10.8 Å². The van der Waals surface area contributed by atoms with Crippen LogP contribution in [-0.2, 0) is 25.6 Å². The molecule has 12 nitrogen and oxygen atoms in total. The fourth-order valence-electron chi connectivity index (χ4n) is 3.17. The number of carboxylic acids is 1. The summed E-state index contributed by atoms with van der Waals surface area (Å²) in [5.41, 5.74) is 6.29. The molecule has 0 radical (unpaired) electrons. The van der Waals surface area contributed by atoms with Crippen LogP contribution in [0.25, 0.3) is 0 Å². The second kappa shape index (κ2) is 10.2. The SMILES string of the molecule is CC(NC(=O)C(Cc1cnc[nH]1)NC(=O)C1CCCN1C(=O)C(N)C(C)O)C(=O)O. The summed E-state index contributed by atoms with van der Waals surface area (Å²) in [6.07, 6.45) is 2.84. The summed E-state index contributed by atoms with van der Waals surface area (Å²) < 4.78 is 0. The number of rotatable bonds is 9. The van der Waals surface area contributed by atoms with Crippen molar-refractivity contribution in [2.24, 2.45) is 5.73 Å². The number of hydrogen-bond acceptors (Lipinski definition) is 7. The van der Waals surface area contributed by atoms with Crippen molar-refractivity contribution in [3.05, 3.63) is 18.2 Å². The summed E-state index contributed by atoms with van der Waals surface area (Å²) in [6.45, 7) is 3.01. The Kier molecular flexibility index (Phi) is 7.89. The Bertz CT molecular complexity index is 767. The van der Waals surface area contributed by atoms with Crippen molar-refractivity contribution in [3.8, 4) is 0 Å². The minimum atomic E-state index is -1.21. The number of nitrogens with two attached hydrogens (primary N) is 1. The average Bonchev–Trinajstić information content (AvgIpc) is 3.37. The zero-order valence-corrected chi connectivity index (χ0v) is 16.9. The number of likely N-dealkylation sites (tertiary alicyclic amines) is 1. The van der Waals surface area contributed by atoms with Gasteiger partial charge in [-0.1, -0.05) is 0 Å². The summed E-state index contributed by atoms with van der Waals surface area (Å²) >= 11 is 0. The molecule has 0 bridgehead atoms. The van der Waals surface area contributed by atoms with Gasteiger partial charge in [0.25, 0.3) is 0 Å². The first-order valence-corrected chi connectivity index (χ1v) is 9.66. The van der Waals surface area contributed by atoms with Crippen LogP contribution in [-0.4, -0.2) is 85.6 Å². The lowest BCUT2D eigenvalue weighted by molar-refractivity contribution is -0.143. The predicted octanol–water partition coefficient (Wildman–Crippen LogP) is -2.27. The molecule has 1 aliphatic heterocycles. The monoisotopic (exact) mass is 424 g/mol. The van der Waals surface area contributed by atoms with E-state index in [1.54, 1.807) is 0 Å². The molecule has 1 aliphatic rings. The smallest absolute Gasteiger partial charge is 0.325 e. The Morgan fingerprint density at radius 1 is 1.33 bits per heavy atom. The van der Waals surface area contributed by atoms with Crippen LogP contribution in [0.2, 0.25) is 0 Å². The molecule has 0 saturated carbocycles. The number of aliphatic hydroxyl groups excluding tert-OH is 1. The summed E-state index contributed by atoms with van der Waals surface area (Å²) in [4.78, 5) is 57.0. The van der Waals surface area contributed by atoms with Gasteiger partial charge in [0.15, 0.2) is 0 Å². The molecule has 0 aromatic carbocycles. The van der Waals surface area contributed by atoms with Crippen LogP contribution in [0.15, 0.2) is 12.5 Å². The number of carbonyl (C=O) groups excluding carboxylic acids is 3. The van der Waals surface area contributed by atoms with Crippen LogP contribution in [0.3, 0.4) is 0 Å². The highest BCUT2D eigenvalue weighted by molar-refractivity contribution is 5.94. The molecule has 3 amide bonds. The number of aromatic nitrogens is 2. The standard InChI is InChI=1S/C18H28N6O6/c1-9(18(29)30)22-15(26)12(6-11-7-20-8-21-11)23-16(27)13-4-3-5-24(13)17(28)14(19)10(2)25/h7-10,12-14,25H,3-6,19H2,1-2H3,(H,20,21)(H,22,26)(H,23,27)(H,29,30). The van der Waals surface area contributed by atoms with Crippen molar-refractivity contribution in [1.82, 2.24) is 25.5 Å². The molecule has 2 heterocycles. The van der Waals surface area contributed by atoms with Crippen LogP contribution in [0, 0.1) is 0 Å². The maximum Gasteiger partial charge on any atom is 0.325 e. The van der Waals surface area contributed by atoms with Crippen molar-refractivity contribution in [3.63, 3.8) is 0 Å². The minimum Gasteiger partial charge on any atom is -0.480 e. The number of amides is 3. The Hall–Kier alpha value is -2.99. The number of hydrogen-bond donors (Lipinski definition) is 6. The van der Waals surface area contributed by atoms with E-state index in [0.29, 0.717) is 25.1 Å². The molecule has 0 spiro atoms. The first-order valence-electron chi connectivity index (χ1n) is 9.66. The fourth-order valence-corrected chi connectivity index (χ4v) is 3.17. The Morgan fingerprint density at radius 3 is 2.60 bits per heavy atom. The van der Waals surface area contributed by atoms with Crippen LogP contribution in [0.4, 0.5) is 0 Å². The van der Waals surface area contributed by atoms with Crippen molar-refractivity contribution in [2.45, 2.75) is 63.4 Å². The molecule has 30 heavy (non-hydrogen) atoms. The van der Waals surface area contributed by atoms with E-state index in [-0.39, 0.29) is 6.42 Å². The molecular formula is C18H28N6O6. The van der Waals surface area contributed by atoms with Gasteiger partial charge in [0.2, 0.25) is 17.7 Å². The second-order valence-corrected chi connectivity index (χ2v) is 7.37. The van der Waals surface area contributed by atoms with Crippen LogP contribution in [0.1, 0.15) is 32.4 Å². The summed E-state index contributed by atoms with van der Waals surface area (Å²) in [5.74, 6) is -2.99. The fraction of sp³-hybridized carbons (Fsp3) is 0.611. The number of imidazole rings is 1. The molecule has 1 aromatic heterocycles. The summed E-state index contributed by atoms with van der Waals surface area (Å²) in [7, 11) is 0. The van der Waals surface area contributed by atoms with E-state index in [2.05, 4.69) is 20.6 Å². The third-order valence-electron chi connectivity index (χ3n) is 4.98. The first kappa shape index (κ1) is 23.3. The Morgan fingerprint density at radius 2 is 2.03 bits per heavy atom. The van der Waals surface area contributed by atoms with Crippen LogP contribution >= 0.6 is 0 Å². The molecule has 1 saturated heterocycles. The van der Waals surface area contributed by atoms with Gasteiger partial charge in [-0.25, -0.2) is 4.98 Å². The van der Waals surface area contributed by atoms with E-state index in [0.717, 1.165) is 0 Å². The summed E-state index contributed by atoms with van der Waals surface area (Å²) in [5, 5.41) is 23.5. The van der Waals surface area contributed by atoms with Gasteiger partial charge in [-0.05, 0) is 26.7 Å². The highest BCUT2D eigenvalue weighted by Crippen LogP contribution is 2.19. The van der Waals surface area contributed by atoms with Gasteiger partial charge in [-0.2, -0.15) is 0 Å². The normalized spacial score (nSPS) is 20.1. The highest BCUT2D eigenvalue weighted by atomic mass is 16.4. The molecule has 2 rings (SSSR count). The van der Waals surface area contributed by atoms with E-state index < -0.39 is 54.0 Å². The predicted molar refractivity (Wildman–Crippen MR) is 104 cm³/mol. The Labute approximate surface area is 173 Å². The molecule has 1 aromatic rings. The molecular weight excluding hydrogens is 396 g/mol. The third kappa shape index (κ3) is 5.76. The van der Waals surface area contributed by atoms with E-state index >= 15 is 0 Å². The van der Waals surface area contributed by atoms with Gasteiger partial charge in [-0.15, -0.1) is 0 Å². The molecule has 166 valence electrons. The van der Waals surface area contributed by atoms with Crippen molar-refractivity contribution < 1.29 is 29.4 Å². The van der Waals surface area contributed by atoms with Crippen LogP contribution < -0.4 is 16.4 Å². The van der Waals surface area contributed by atoms with E-state index in [1.165, 1.54) is 31.3 Å². The molecule has 7 N–H and O–H groups in total. The van der Waals surface area contributed by atoms with Gasteiger partial charge >= 0.3 is 5.97 Å². The minimum absolute atomic E-state index is 0.0533. The number of nitrogens with zero attached hydrogens (tertiary/aromatic N) is 2. The van der Waals surface area contributed by atoms with Gasteiger partial charge in [0, 0.05) is 24.9 Å². The average molecular weight is 424 g/mol. The van der Waals surface area contributed by atoms with E-state index in [9.17, 15) is 24.3 Å². The lowest BCUT2D eigenvalue weighted by Crippen LogP contribution is -2.57. The first-order chi connectivity index (χ1) is 14.1. The zero-order chi connectivity index (χ0) is 22.4. The number of aliphatic hydroxyl groups is 1. The number of H-pyrrole nitrogens is 1. The maximum atomic E-state index is 12.9. The molecule has 0 aliphatic carbocycles. The lowest BCUT2D eigenvalue weighted by atomic mass is 10.1. The quantitative estimate of drug-likeness (QED) is 0.255. The van der Waals surface area contributed by atoms with Crippen LogP contribution in [0.5, 0.6) is 0 Å². The lowest BCUT2D eigenvalue weighted by Gasteiger charge is -2.29. The van der Waals surface area contributed by atoms with Crippen molar-refractivity contribution in [2.75, 3.05) is 6.54 Å². The van der Waals surface area contributed by atoms with Gasteiger partial charge in [-0.3, -0.25) is 19.2 Å². The molecule has 5 unspecified atom stereocenters. The highest BCUT2D eigenvalue weighted by Gasteiger charge is 2.38. The van der Waals surface area contributed by atoms with Gasteiger partial charge in [0.05, 0.1) is 12.4 Å². The topological polar surface area (TPSA) is 191 Å². The number of aromatic amines is 1. The second-order valence-electron chi connectivity index (χ2n) is 7.37. The largest absolute Gasteiger partial charge is 0.480 e. The molecule has 12 heteroatoms. The maximum absolute atomic E-state index is 12.9. The number of nitrogens with one attached hydrogen (secondary N) is 3. The zero-order valence-electron chi connectivity index (χ0n) is 16.9. The number of aliphatic carboxylic acids is 1. The molecule has 1 fully saturated rings. The number of carbonyl (C=O) groups is 4. The van der Waals surface area contributed by atoms with Gasteiger partial charge in [0.1, 0.15) is 24.2 Å². The number of carboxylic acid groups (broad SMARTS) is 1.